The zero-order chi connectivity index (χ0) is 14.0. The molecule has 20 heavy (non-hydrogen) atoms. The first-order valence-electron chi connectivity index (χ1n) is 7.73. The summed E-state index contributed by atoms with van der Waals surface area (Å²) in [5.74, 6) is 3.25. The van der Waals surface area contributed by atoms with Crippen LogP contribution in [0.2, 0.25) is 0 Å². The molecular weight excluding hydrogens is 250 g/mol. The largest absolute Gasteiger partial charge is 0.369 e. The standard InChI is InChI=1S/C15H23N5/c1-8-13-14(19(3)18-8)20(15(16)17-13)9(2)12-7-10-4-5-11(12)6-10/h9-12H,4-7H2,1-3H3,(H2,16,17). The van der Waals surface area contributed by atoms with Gasteiger partial charge in [0.25, 0.3) is 0 Å². The number of imidazole rings is 1. The van der Waals surface area contributed by atoms with Crippen LogP contribution in [-0.4, -0.2) is 19.3 Å². The van der Waals surface area contributed by atoms with E-state index in [2.05, 4.69) is 21.6 Å². The summed E-state index contributed by atoms with van der Waals surface area (Å²) in [6.45, 7) is 4.31. The Morgan fingerprint density at radius 2 is 2.10 bits per heavy atom. The molecule has 2 aromatic heterocycles. The Kier molecular flexibility index (Phi) is 2.44. The molecule has 2 saturated carbocycles. The Morgan fingerprint density at radius 3 is 2.75 bits per heavy atom. The van der Waals surface area contributed by atoms with E-state index in [1.54, 1.807) is 0 Å². The molecule has 0 radical (unpaired) electrons. The van der Waals surface area contributed by atoms with Gasteiger partial charge in [-0.2, -0.15) is 5.10 Å². The van der Waals surface area contributed by atoms with Gasteiger partial charge in [0.2, 0.25) is 5.95 Å². The van der Waals surface area contributed by atoms with Gasteiger partial charge in [-0.1, -0.05) is 6.42 Å². The quantitative estimate of drug-likeness (QED) is 0.915. The van der Waals surface area contributed by atoms with Crippen LogP contribution >= 0.6 is 0 Å². The summed E-state index contributed by atoms with van der Waals surface area (Å²) in [5, 5.41) is 4.49. The number of hydrogen-bond acceptors (Lipinski definition) is 3. The lowest BCUT2D eigenvalue weighted by Gasteiger charge is -2.29. The molecule has 4 unspecified atom stereocenters. The van der Waals surface area contributed by atoms with Crippen molar-refractivity contribution in [1.29, 1.82) is 0 Å². The molecule has 0 aliphatic heterocycles. The molecule has 5 heteroatoms. The fourth-order valence-electron chi connectivity index (χ4n) is 4.79. The minimum atomic E-state index is 0.421. The molecule has 0 amide bonds. The van der Waals surface area contributed by atoms with Gasteiger partial charge in [0.15, 0.2) is 5.65 Å². The van der Waals surface area contributed by atoms with Crippen molar-refractivity contribution in [2.75, 3.05) is 5.73 Å². The fourth-order valence-corrected chi connectivity index (χ4v) is 4.79. The maximum Gasteiger partial charge on any atom is 0.202 e. The van der Waals surface area contributed by atoms with Gasteiger partial charge < -0.3 is 5.73 Å². The summed E-state index contributed by atoms with van der Waals surface area (Å²) in [6.07, 6.45) is 5.63. The first kappa shape index (κ1) is 12.2. The summed E-state index contributed by atoms with van der Waals surface area (Å²) in [6, 6.07) is 0.421. The highest BCUT2D eigenvalue weighted by atomic mass is 15.4. The summed E-state index contributed by atoms with van der Waals surface area (Å²) >= 11 is 0. The average molecular weight is 273 g/mol. The van der Waals surface area contributed by atoms with E-state index in [4.69, 9.17) is 5.73 Å². The SMILES string of the molecule is Cc1nn(C)c2c1nc(N)n2C(C)C1CC2CCC1C2. The second kappa shape index (κ2) is 3.99. The van der Waals surface area contributed by atoms with Crippen LogP contribution in [0.1, 0.15) is 44.3 Å². The molecule has 2 fully saturated rings. The Hall–Kier alpha value is -1.52. The number of fused-ring (bicyclic) bond motifs is 3. The molecule has 5 nitrogen and oxygen atoms in total. The predicted octanol–water partition coefficient (Wildman–Crippen LogP) is 2.66. The van der Waals surface area contributed by atoms with Gasteiger partial charge in [-0.05, 0) is 50.9 Å². The second-order valence-corrected chi connectivity index (χ2v) is 6.80. The lowest BCUT2D eigenvalue weighted by atomic mass is 9.84. The Balaban J connectivity index is 1.79. The Bertz CT molecular complexity index is 667. The zero-order valence-corrected chi connectivity index (χ0v) is 12.5. The van der Waals surface area contributed by atoms with Crippen molar-refractivity contribution < 1.29 is 0 Å². The summed E-state index contributed by atoms with van der Waals surface area (Å²) in [5.41, 5.74) is 9.22. The van der Waals surface area contributed by atoms with Crippen molar-refractivity contribution in [3.05, 3.63) is 5.69 Å². The number of nitrogen functional groups attached to an aromatic ring is 1. The van der Waals surface area contributed by atoms with Gasteiger partial charge in [-0.25, -0.2) is 4.98 Å². The van der Waals surface area contributed by atoms with E-state index >= 15 is 0 Å². The Labute approximate surface area is 119 Å². The smallest absolute Gasteiger partial charge is 0.202 e. The zero-order valence-electron chi connectivity index (χ0n) is 12.5. The van der Waals surface area contributed by atoms with Gasteiger partial charge in [-0.15, -0.1) is 0 Å². The minimum absolute atomic E-state index is 0.421. The predicted molar refractivity (Wildman–Crippen MR) is 79.3 cm³/mol. The third kappa shape index (κ3) is 1.49. The molecule has 2 aromatic rings. The summed E-state index contributed by atoms with van der Waals surface area (Å²) < 4.78 is 4.15. The number of aryl methyl sites for hydroxylation is 2. The van der Waals surface area contributed by atoms with Gasteiger partial charge in [0.05, 0.1) is 5.69 Å². The van der Waals surface area contributed by atoms with E-state index in [0.29, 0.717) is 12.0 Å². The van der Waals surface area contributed by atoms with Gasteiger partial charge in [0, 0.05) is 13.1 Å². The Morgan fingerprint density at radius 1 is 1.30 bits per heavy atom. The molecule has 0 spiro atoms. The van der Waals surface area contributed by atoms with E-state index in [0.717, 1.165) is 34.6 Å². The normalized spacial score (nSPS) is 30.4. The number of aromatic nitrogens is 4. The maximum absolute atomic E-state index is 6.21. The van der Waals surface area contributed by atoms with Gasteiger partial charge in [-0.3, -0.25) is 9.25 Å². The average Bonchev–Trinajstić information content (AvgIpc) is 3.13. The summed E-state index contributed by atoms with van der Waals surface area (Å²) in [4.78, 5) is 4.55. The van der Waals surface area contributed by atoms with Crippen molar-refractivity contribution in [1.82, 2.24) is 19.3 Å². The molecule has 108 valence electrons. The van der Waals surface area contributed by atoms with Crippen molar-refractivity contribution in [2.24, 2.45) is 24.8 Å². The third-order valence-corrected chi connectivity index (χ3v) is 5.68. The first-order valence-corrected chi connectivity index (χ1v) is 7.73. The highest BCUT2D eigenvalue weighted by Gasteiger charge is 2.43. The fraction of sp³-hybridized carbons (Fsp3) is 0.733. The summed E-state index contributed by atoms with van der Waals surface area (Å²) in [7, 11) is 1.99. The lowest BCUT2D eigenvalue weighted by Crippen LogP contribution is -2.23. The molecule has 2 aliphatic rings. The van der Waals surface area contributed by atoms with Crippen LogP contribution < -0.4 is 5.73 Å². The van der Waals surface area contributed by atoms with Crippen molar-refractivity contribution >= 4 is 17.1 Å². The molecule has 2 N–H and O–H groups in total. The minimum Gasteiger partial charge on any atom is -0.369 e. The molecule has 2 aliphatic carbocycles. The first-order chi connectivity index (χ1) is 9.56. The highest BCUT2D eigenvalue weighted by Crippen LogP contribution is 2.52. The number of nitrogens with two attached hydrogens (primary N) is 1. The lowest BCUT2D eigenvalue weighted by molar-refractivity contribution is 0.246. The number of anilines is 1. The molecule has 0 saturated heterocycles. The molecule has 2 bridgehead atoms. The number of rotatable bonds is 2. The van der Waals surface area contributed by atoms with Crippen LogP contribution in [0.15, 0.2) is 0 Å². The van der Waals surface area contributed by atoms with E-state index in [-0.39, 0.29) is 0 Å². The molecule has 0 aromatic carbocycles. The van der Waals surface area contributed by atoms with Crippen LogP contribution in [0.25, 0.3) is 11.2 Å². The van der Waals surface area contributed by atoms with Gasteiger partial charge in [0.1, 0.15) is 5.52 Å². The van der Waals surface area contributed by atoms with Crippen LogP contribution in [-0.2, 0) is 7.05 Å². The molecular formula is C15H23N5. The van der Waals surface area contributed by atoms with E-state index in [1.807, 2.05) is 18.7 Å². The van der Waals surface area contributed by atoms with E-state index < -0.39 is 0 Å². The van der Waals surface area contributed by atoms with E-state index in [1.165, 1.54) is 25.7 Å². The van der Waals surface area contributed by atoms with Gasteiger partial charge >= 0.3 is 0 Å². The van der Waals surface area contributed by atoms with Crippen LogP contribution in [0, 0.1) is 24.7 Å². The van der Waals surface area contributed by atoms with Crippen molar-refractivity contribution in [3.63, 3.8) is 0 Å². The highest BCUT2D eigenvalue weighted by molar-refractivity contribution is 5.77. The third-order valence-electron chi connectivity index (χ3n) is 5.68. The van der Waals surface area contributed by atoms with Crippen LogP contribution in [0.5, 0.6) is 0 Å². The molecule has 2 heterocycles. The molecule has 4 atom stereocenters. The number of hydrogen-bond donors (Lipinski definition) is 1. The van der Waals surface area contributed by atoms with Crippen LogP contribution in [0.3, 0.4) is 0 Å². The second-order valence-electron chi connectivity index (χ2n) is 6.80. The molecule has 4 rings (SSSR count). The van der Waals surface area contributed by atoms with E-state index in [9.17, 15) is 0 Å². The monoisotopic (exact) mass is 273 g/mol. The van der Waals surface area contributed by atoms with Crippen LogP contribution in [0.4, 0.5) is 5.95 Å². The maximum atomic E-state index is 6.21. The van der Waals surface area contributed by atoms with Crippen molar-refractivity contribution in [2.45, 2.75) is 45.6 Å². The van der Waals surface area contributed by atoms with Crippen molar-refractivity contribution in [3.8, 4) is 0 Å². The number of nitrogens with zero attached hydrogens (tertiary/aromatic N) is 4. The topological polar surface area (TPSA) is 61.7 Å².